The molecule has 2 aromatic heterocycles. The molecule has 255 valence electrons. The molecule has 3 fully saturated rings. The molecule has 3 aliphatic rings. The molecule has 9 heteroatoms. The zero-order chi connectivity index (χ0) is 35.2. The number of imidazole rings is 2. The second-order valence-corrected chi connectivity index (χ2v) is 15.7. The van der Waals surface area contributed by atoms with Crippen LogP contribution >= 0.6 is 0 Å². The molecule has 4 aromatic rings. The maximum absolute atomic E-state index is 13.1. The summed E-state index contributed by atoms with van der Waals surface area (Å²) < 4.78 is 0. The van der Waals surface area contributed by atoms with E-state index in [0.29, 0.717) is 5.92 Å². The zero-order valence-electron chi connectivity index (χ0n) is 29.6. The van der Waals surface area contributed by atoms with Crippen molar-refractivity contribution in [2.75, 3.05) is 13.1 Å². The summed E-state index contributed by atoms with van der Waals surface area (Å²) in [7, 11) is 3.67. The van der Waals surface area contributed by atoms with Gasteiger partial charge in [0, 0.05) is 52.0 Å². The zero-order valence-corrected chi connectivity index (χ0v) is 30.6. The third-order valence-electron chi connectivity index (χ3n) is 11.1. The molecule has 0 spiro atoms. The van der Waals surface area contributed by atoms with Crippen LogP contribution in [0.1, 0.15) is 107 Å². The van der Waals surface area contributed by atoms with Crippen molar-refractivity contribution in [1.29, 1.82) is 0 Å². The molecule has 2 saturated heterocycles. The van der Waals surface area contributed by atoms with Crippen LogP contribution in [0.4, 0.5) is 0 Å². The summed E-state index contributed by atoms with van der Waals surface area (Å²) in [4.78, 5) is 46.4. The standard InChI is InChI=1S/C41H45N6O2Si/c1-25(2)27(5)38(48)46-18-6-8-34(46)37-42-23-32(44-37)15-11-28-9-13-31-21-29(10-14-30(31)20-28)12-16-33-24-43-40(45-33)41-17-7-19-47(35(41)22-41)39(49)36(50)26(3)4/h9-10,13-14,20-21,23-27,34-36H,6-8,17-19,22H2,1-5H3,(H,42,44)(H,43,45). The number of carbonyl (C=O) groups is 2. The molecule has 0 bridgehead atoms. The smallest absolute Gasteiger partial charge is 0.226 e. The number of nitrogens with zero attached hydrogens (tertiary/aromatic N) is 4. The van der Waals surface area contributed by atoms with Gasteiger partial charge in [0.15, 0.2) is 0 Å². The molecule has 5 unspecified atom stereocenters. The van der Waals surface area contributed by atoms with Crippen LogP contribution in [0.15, 0.2) is 48.8 Å². The molecule has 7 rings (SSSR count). The second-order valence-electron chi connectivity index (χ2n) is 15.1. The minimum Gasteiger partial charge on any atom is -0.339 e. The topological polar surface area (TPSA) is 98.0 Å². The van der Waals surface area contributed by atoms with E-state index in [-0.39, 0.29) is 46.7 Å². The number of piperidine rings is 1. The molecule has 1 aliphatic carbocycles. The average molecular weight is 682 g/mol. The lowest BCUT2D eigenvalue weighted by molar-refractivity contribution is -0.137. The minimum absolute atomic E-state index is 0.00852. The van der Waals surface area contributed by atoms with Crippen LogP contribution < -0.4 is 0 Å². The van der Waals surface area contributed by atoms with E-state index in [1.54, 1.807) is 6.20 Å². The minimum atomic E-state index is -0.159. The molecule has 2 amide bonds. The number of hydrogen-bond donors (Lipinski definition) is 2. The molecule has 2 N–H and O–H groups in total. The number of amides is 2. The molecule has 2 aromatic carbocycles. The number of H-pyrrole nitrogens is 2. The van der Waals surface area contributed by atoms with Crippen molar-refractivity contribution in [3.05, 3.63) is 83.0 Å². The first-order chi connectivity index (χ1) is 24.0. The van der Waals surface area contributed by atoms with Crippen molar-refractivity contribution in [2.45, 2.75) is 89.8 Å². The maximum Gasteiger partial charge on any atom is 0.226 e. The van der Waals surface area contributed by atoms with Gasteiger partial charge >= 0.3 is 0 Å². The van der Waals surface area contributed by atoms with Gasteiger partial charge in [-0.05, 0) is 90.8 Å². The van der Waals surface area contributed by atoms with Gasteiger partial charge in [0.05, 0.1) is 23.9 Å². The number of likely N-dealkylation sites (tertiary alicyclic amines) is 2. The Morgan fingerprint density at radius 3 is 2.12 bits per heavy atom. The highest BCUT2D eigenvalue weighted by molar-refractivity contribution is 6.24. The number of hydrogen-bond acceptors (Lipinski definition) is 4. The lowest BCUT2D eigenvalue weighted by Gasteiger charge is -2.34. The number of aromatic nitrogens is 4. The van der Waals surface area contributed by atoms with Gasteiger partial charge in [-0.3, -0.25) is 9.59 Å². The first-order valence-electron chi connectivity index (χ1n) is 18.0. The van der Waals surface area contributed by atoms with E-state index in [1.807, 2.05) is 30.2 Å². The Bertz CT molecular complexity index is 2060. The summed E-state index contributed by atoms with van der Waals surface area (Å²) in [6.45, 7) is 11.9. The van der Waals surface area contributed by atoms with Gasteiger partial charge in [-0.25, -0.2) is 9.97 Å². The number of fused-ring (bicyclic) bond motifs is 2. The highest BCUT2D eigenvalue weighted by Gasteiger charge is 2.62. The quantitative estimate of drug-likeness (QED) is 0.185. The molecular weight excluding hydrogens is 637 g/mol. The van der Waals surface area contributed by atoms with E-state index < -0.39 is 0 Å². The Morgan fingerprint density at radius 1 is 0.820 bits per heavy atom. The van der Waals surface area contributed by atoms with E-state index >= 15 is 0 Å². The summed E-state index contributed by atoms with van der Waals surface area (Å²) in [5.41, 5.74) is 3.13. The monoisotopic (exact) mass is 681 g/mol. The van der Waals surface area contributed by atoms with Gasteiger partial charge in [0.2, 0.25) is 11.8 Å². The van der Waals surface area contributed by atoms with Crippen LogP contribution in [0.2, 0.25) is 5.54 Å². The fourth-order valence-corrected chi connectivity index (χ4v) is 7.70. The summed E-state index contributed by atoms with van der Waals surface area (Å²) >= 11 is 0. The van der Waals surface area contributed by atoms with Crippen LogP contribution in [0, 0.1) is 41.4 Å². The van der Waals surface area contributed by atoms with E-state index in [0.717, 1.165) is 90.1 Å². The summed E-state index contributed by atoms with van der Waals surface area (Å²) in [5, 5.41) is 2.19. The molecule has 5 atom stereocenters. The van der Waals surface area contributed by atoms with Crippen molar-refractivity contribution >= 4 is 32.8 Å². The number of aromatic amines is 2. The van der Waals surface area contributed by atoms with Gasteiger partial charge in [-0.2, -0.15) is 0 Å². The van der Waals surface area contributed by atoms with Crippen LogP contribution in [0.3, 0.4) is 0 Å². The summed E-state index contributed by atoms with van der Waals surface area (Å²) in [6.07, 6.45) is 8.46. The first-order valence-corrected chi connectivity index (χ1v) is 18.6. The molecule has 8 nitrogen and oxygen atoms in total. The van der Waals surface area contributed by atoms with E-state index in [1.165, 1.54) is 0 Å². The highest BCUT2D eigenvalue weighted by Crippen LogP contribution is 2.56. The number of rotatable bonds is 6. The van der Waals surface area contributed by atoms with Crippen LogP contribution in [-0.4, -0.2) is 70.9 Å². The third kappa shape index (κ3) is 6.52. The van der Waals surface area contributed by atoms with Crippen LogP contribution in [0.5, 0.6) is 0 Å². The van der Waals surface area contributed by atoms with E-state index in [2.05, 4.69) is 106 Å². The molecule has 50 heavy (non-hydrogen) atoms. The number of benzene rings is 2. The fraction of sp³-hybridized carbons (Fsp3) is 0.463. The predicted octanol–water partition coefficient (Wildman–Crippen LogP) is 6.29. The SMILES string of the molecule is CC(C)C(C)C(=O)N1CCCC1c1ncc(C#Cc2ccc3cc(C#Cc4cnc(C56CCCN(C(=O)C([Si])C(C)C)C5C6)[nH]4)ccc3c2)[nH]1. The van der Waals surface area contributed by atoms with Crippen molar-refractivity contribution in [3.63, 3.8) is 0 Å². The normalized spacial score (nSPS) is 22.5. The Morgan fingerprint density at radius 2 is 1.46 bits per heavy atom. The summed E-state index contributed by atoms with van der Waals surface area (Å²) in [6, 6.07) is 12.6. The van der Waals surface area contributed by atoms with Crippen molar-refractivity contribution in [2.24, 2.45) is 17.8 Å². The lowest BCUT2D eigenvalue weighted by atomic mass is 9.94. The van der Waals surface area contributed by atoms with Gasteiger partial charge in [0.25, 0.3) is 0 Å². The lowest BCUT2D eigenvalue weighted by Crippen LogP contribution is -2.44. The predicted molar refractivity (Wildman–Crippen MR) is 196 cm³/mol. The Hall–Kier alpha value is -4.60. The van der Waals surface area contributed by atoms with Crippen molar-refractivity contribution in [3.8, 4) is 23.7 Å². The first kappa shape index (κ1) is 33.9. The van der Waals surface area contributed by atoms with E-state index in [4.69, 9.17) is 4.98 Å². The number of nitrogens with one attached hydrogen (secondary N) is 2. The van der Waals surface area contributed by atoms with Crippen molar-refractivity contribution in [1.82, 2.24) is 29.7 Å². The van der Waals surface area contributed by atoms with Gasteiger partial charge in [0.1, 0.15) is 23.0 Å². The maximum atomic E-state index is 13.1. The summed E-state index contributed by atoms with van der Waals surface area (Å²) in [5.74, 6) is 15.8. The Kier molecular flexibility index (Phi) is 9.22. The van der Waals surface area contributed by atoms with Gasteiger partial charge < -0.3 is 19.8 Å². The average Bonchev–Trinajstić information content (AvgIpc) is 3.52. The van der Waals surface area contributed by atoms with Gasteiger partial charge in [-0.15, -0.1) is 0 Å². The molecule has 3 radical (unpaired) electrons. The molecular formula is C41H45N6O2Si. The highest BCUT2D eigenvalue weighted by atomic mass is 28.1. The van der Waals surface area contributed by atoms with Crippen LogP contribution in [0.25, 0.3) is 10.8 Å². The van der Waals surface area contributed by atoms with Gasteiger partial charge in [-0.1, -0.05) is 58.6 Å². The third-order valence-corrected chi connectivity index (χ3v) is 12.0. The fourth-order valence-electron chi connectivity index (χ4n) is 7.53. The van der Waals surface area contributed by atoms with E-state index in [9.17, 15) is 9.59 Å². The second kappa shape index (κ2) is 13.6. The van der Waals surface area contributed by atoms with Crippen molar-refractivity contribution < 1.29 is 9.59 Å². The Balaban J connectivity index is 1.00. The Labute approximate surface area is 298 Å². The van der Waals surface area contributed by atoms with Crippen LogP contribution in [-0.2, 0) is 15.0 Å². The molecule has 1 saturated carbocycles. The number of carbonyl (C=O) groups excluding carboxylic acids is 2. The molecule has 4 heterocycles. The largest absolute Gasteiger partial charge is 0.339 e. The molecule has 2 aliphatic heterocycles.